The summed E-state index contributed by atoms with van der Waals surface area (Å²) in [4.78, 5) is 24.7. The highest BCUT2D eigenvalue weighted by molar-refractivity contribution is 6.33. The van der Waals surface area contributed by atoms with Crippen molar-refractivity contribution in [2.75, 3.05) is 18.9 Å². The fraction of sp³-hybridized carbons (Fsp3) is 0.200. The Morgan fingerprint density at radius 1 is 1.40 bits per heavy atom. The van der Waals surface area contributed by atoms with Gasteiger partial charge in [0.05, 0.1) is 17.8 Å². The zero-order valence-corrected chi connectivity index (χ0v) is 8.70. The Hall–Kier alpha value is -1.78. The number of hydrogen-bond donors (Lipinski definition) is 1. The van der Waals surface area contributed by atoms with E-state index in [1.54, 1.807) is 19.2 Å². The third-order valence-corrected chi connectivity index (χ3v) is 2.41. The van der Waals surface area contributed by atoms with Gasteiger partial charge in [-0.3, -0.25) is 9.59 Å². The monoisotopic (exact) mass is 202 g/mol. The molecule has 0 saturated carbocycles. The zero-order valence-electron chi connectivity index (χ0n) is 8.70. The molecule has 0 radical (unpaired) electrons. The van der Waals surface area contributed by atoms with Crippen LogP contribution in [0.15, 0.2) is 18.2 Å². The quantitative estimate of drug-likeness (QED) is 0.547. The topological polar surface area (TPSA) is 49.4 Å². The van der Waals surface area contributed by atoms with E-state index in [2.05, 4.69) is 5.32 Å². The lowest BCUT2D eigenvalue weighted by Crippen LogP contribution is -2.31. The number of carbonyl (C=O) groups is 2. The molecule has 0 atom stereocenters. The summed E-state index contributed by atoms with van der Waals surface area (Å²) in [6.07, 6.45) is 0. The van der Waals surface area contributed by atoms with Gasteiger partial charge in [0.1, 0.15) is 7.85 Å². The minimum Gasteiger partial charge on any atom is -0.332 e. The maximum atomic E-state index is 11.9. The molecule has 0 fully saturated rings. The number of amides is 2. The molecule has 1 aliphatic rings. The Balaban J connectivity index is 2.55. The van der Waals surface area contributed by atoms with Gasteiger partial charge in [-0.25, -0.2) is 0 Å². The lowest BCUT2D eigenvalue weighted by atomic mass is 9.93. The van der Waals surface area contributed by atoms with E-state index in [1.807, 2.05) is 13.9 Å². The van der Waals surface area contributed by atoms with Crippen molar-refractivity contribution in [1.29, 1.82) is 0 Å². The van der Waals surface area contributed by atoms with Crippen LogP contribution in [-0.2, 0) is 4.79 Å². The first-order valence-electron chi connectivity index (χ1n) is 4.74. The van der Waals surface area contributed by atoms with Crippen molar-refractivity contribution in [3.05, 3.63) is 23.8 Å². The van der Waals surface area contributed by atoms with Gasteiger partial charge in [0.15, 0.2) is 0 Å². The molecular formula is C10H11BN2O2. The van der Waals surface area contributed by atoms with Crippen LogP contribution in [-0.4, -0.2) is 38.2 Å². The van der Waals surface area contributed by atoms with Crippen molar-refractivity contribution in [2.24, 2.45) is 0 Å². The van der Waals surface area contributed by atoms with Crippen LogP contribution in [0.2, 0.25) is 0 Å². The van der Waals surface area contributed by atoms with E-state index >= 15 is 0 Å². The number of hydrogen-bond acceptors (Lipinski definition) is 2. The Kier molecular flexibility index (Phi) is 2.23. The van der Waals surface area contributed by atoms with Gasteiger partial charge in [-0.2, -0.15) is 0 Å². The summed E-state index contributed by atoms with van der Waals surface area (Å²) in [5.41, 5.74) is 2.16. The first kappa shape index (κ1) is 9.77. The summed E-state index contributed by atoms with van der Waals surface area (Å²) >= 11 is 0. The molecule has 0 saturated heterocycles. The summed E-state index contributed by atoms with van der Waals surface area (Å²) in [5, 5.41) is 2.71. The maximum Gasteiger partial charge on any atom is 0.256 e. The maximum absolute atomic E-state index is 11.9. The van der Waals surface area contributed by atoms with Crippen LogP contribution in [0.4, 0.5) is 5.69 Å². The minimum absolute atomic E-state index is 0.104. The van der Waals surface area contributed by atoms with Crippen LogP contribution in [0.25, 0.3) is 0 Å². The van der Waals surface area contributed by atoms with Crippen LogP contribution >= 0.6 is 0 Å². The van der Waals surface area contributed by atoms with Crippen molar-refractivity contribution < 1.29 is 9.59 Å². The average Bonchev–Trinajstić information content (AvgIpc) is 2.27. The van der Waals surface area contributed by atoms with E-state index in [0.717, 1.165) is 5.46 Å². The van der Waals surface area contributed by atoms with E-state index in [0.29, 0.717) is 11.3 Å². The molecular weight excluding hydrogens is 191 g/mol. The highest BCUT2D eigenvalue weighted by atomic mass is 16.2. The van der Waals surface area contributed by atoms with Crippen LogP contribution in [0.1, 0.15) is 10.4 Å². The second-order valence-electron chi connectivity index (χ2n) is 3.76. The fourth-order valence-electron chi connectivity index (χ4n) is 1.63. The standard InChI is InChI=1S/C10H11BN2O2/c1-13-5-9(14)12-8-3-2-6(11)4-7(8)10(13)15/h2-4H,5,11H2,1H3,(H,12,14). The van der Waals surface area contributed by atoms with Crippen molar-refractivity contribution in [2.45, 2.75) is 0 Å². The Labute approximate surface area is 88.7 Å². The molecule has 0 aliphatic carbocycles. The molecule has 76 valence electrons. The predicted molar refractivity (Wildman–Crippen MR) is 60.2 cm³/mol. The SMILES string of the molecule is Bc1ccc2c(c1)C(=O)N(C)CC(=O)N2. The Morgan fingerprint density at radius 3 is 2.87 bits per heavy atom. The number of benzene rings is 1. The van der Waals surface area contributed by atoms with Crippen molar-refractivity contribution in [3.8, 4) is 0 Å². The van der Waals surface area contributed by atoms with Crippen molar-refractivity contribution in [3.63, 3.8) is 0 Å². The van der Waals surface area contributed by atoms with Gasteiger partial charge in [0.25, 0.3) is 5.91 Å². The van der Waals surface area contributed by atoms with Crippen LogP contribution in [0, 0.1) is 0 Å². The highest BCUT2D eigenvalue weighted by Crippen LogP contribution is 2.18. The van der Waals surface area contributed by atoms with Crippen molar-refractivity contribution >= 4 is 30.8 Å². The molecule has 0 spiro atoms. The van der Waals surface area contributed by atoms with Crippen LogP contribution in [0.5, 0.6) is 0 Å². The van der Waals surface area contributed by atoms with E-state index < -0.39 is 0 Å². The molecule has 1 N–H and O–H groups in total. The average molecular weight is 202 g/mol. The summed E-state index contributed by atoms with van der Waals surface area (Å²) < 4.78 is 0. The van der Waals surface area contributed by atoms with Gasteiger partial charge >= 0.3 is 0 Å². The summed E-state index contributed by atoms with van der Waals surface area (Å²) in [5.74, 6) is -0.277. The summed E-state index contributed by atoms with van der Waals surface area (Å²) in [6.45, 7) is 0.104. The number of nitrogens with zero attached hydrogens (tertiary/aromatic N) is 1. The number of rotatable bonds is 0. The summed E-state index contributed by atoms with van der Waals surface area (Å²) in [7, 11) is 3.54. The molecule has 0 bridgehead atoms. The third kappa shape index (κ3) is 1.72. The lowest BCUT2D eigenvalue weighted by molar-refractivity contribution is -0.116. The predicted octanol–water partition coefficient (Wildman–Crippen LogP) is -1.03. The van der Waals surface area contributed by atoms with Gasteiger partial charge in [0, 0.05) is 7.05 Å². The number of likely N-dealkylation sites (N-methyl/N-ethyl adjacent to an activating group) is 1. The van der Waals surface area contributed by atoms with Gasteiger partial charge in [-0.05, 0) is 6.07 Å². The van der Waals surface area contributed by atoms with Crippen LogP contribution < -0.4 is 10.8 Å². The first-order valence-corrected chi connectivity index (χ1v) is 4.74. The number of anilines is 1. The summed E-state index contributed by atoms with van der Waals surface area (Å²) in [6, 6.07) is 5.43. The van der Waals surface area contributed by atoms with Gasteiger partial charge < -0.3 is 10.2 Å². The zero-order chi connectivity index (χ0) is 11.0. The normalized spacial score (nSPS) is 15.7. The molecule has 1 aliphatic heterocycles. The molecule has 1 heterocycles. The smallest absolute Gasteiger partial charge is 0.256 e. The largest absolute Gasteiger partial charge is 0.332 e. The fourth-order valence-corrected chi connectivity index (χ4v) is 1.63. The Bertz CT molecular complexity index is 445. The molecule has 2 rings (SSSR count). The van der Waals surface area contributed by atoms with E-state index in [4.69, 9.17) is 0 Å². The number of fused-ring (bicyclic) bond motifs is 1. The van der Waals surface area contributed by atoms with Gasteiger partial charge in [-0.1, -0.05) is 17.6 Å². The molecule has 1 aromatic carbocycles. The second-order valence-corrected chi connectivity index (χ2v) is 3.76. The van der Waals surface area contributed by atoms with E-state index in [9.17, 15) is 9.59 Å². The third-order valence-electron chi connectivity index (χ3n) is 2.41. The molecule has 4 nitrogen and oxygen atoms in total. The molecule has 15 heavy (non-hydrogen) atoms. The second kappa shape index (κ2) is 3.42. The molecule has 5 heteroatoms. The van der Waals surface area contributed by atoms with Crippen molar-refractivity contribution in [1.82, 2.24) is 4.90 Å². The van der Waals surface area contributed by atoms with Gasteiger partial charge in [-0.15, -0.1) is 0 Å². The van der Waals surface area contributed by atoms with E-state index in [1.165, 1.54) is 4.90 Å². The van der Waals surface area contributed by atoms with Gasteiger partial charge in [0.2, 0.25) is 5.91 Å². The minimum atomic E-state index is -0.159. The van der Waals surface area contributed by atoms with E-state index in [-0.39, 0.29) is 18.4 Å². The first-order chi connectivity index (χ1) is 7.08. The molecule has 2 amide bonds. The molecule has 0 unspecified atom stereocenters. The Morgan fingerprint density at radius 2 is 2.13 bits per heavy atom. The number of carbonyl (C=O) groups excluding carboxylic acids is 2. The number of nitrogens with one attached hydrogen (secondary N) is 1. The molecule has 1 aromatic rings. The lowest BCUT2D eigenvalue weighted by Gasteiger charge is -2.12. The molecule has 0 aromatic heterocycles. The highest BCUT2D eigenvalue weighted by Gasteiger charge is 2.23. The van der Waals surface area contributed by atoms with Crippen LogP contribution in [0.3, 0.4) is 0 Å².